The summed E-state index contributed by atoms with van der Waals surface area (Å²) in [4.78, 5) is 32.6. The molecule has 1 aromatic carbocycles. The number of anilines is 3. The van der Waals surface area contributed by atoms with E-state index >= 15 is 0 Å². The van der Waals surface area contributed by atoms with Crippen LogP contribution in [0.25, 0.3) is 11.3 Å². The van der Waals surface area contributed by atoms with Crippen LogP contribution in [0.15, 0.2) is 60.9 Å². The molecule has 0 unspecified atom stereocenters. The molecule has 0 saturated carbocycles. The second kappa shape index (κ2) is 13.0. The number of ether oxygens (including phenoxy) is 3. The van der Waals surface area contributed by atoms with E-state index < -0.39 is 0 Å². The van der Waals surface area contributed by atoms with Crippen molar-refractivity contribution < 1.29 is 19.0 Å². The Bertz CT molecular complexity index is 1370. The number of fused-ring (bicyclic) bond motifs is 7. The SMILES string of the molecule is O=C(N1CCOCC1)N1CCN(c2ccc3cc2COC/C=C/CCOc2cc(ccn2)-c2ccnc(n2)N3)CC1. The Morgan fingerprint density at radius 1 is 0.829 bits per heavy atom. The standard InChI is InChI=1S/C30H35N7O4/c38-30(37-14-18-39-19-15-37)36-12-10-35(11-13-36)27-5-4-25-20-24(27)22-40-16-2-1-3-17-41-28-21-23(6-8-31-28)26-7-9-32-29(33-25)34-26/h1-2,4-9,20-21H,3,10-19,22H2,(H,32,33,34)/b2-1+. The first-order valence-corrected chi connectivity index (χ1v) is 14.1. The Morgan fingerprint density at radius 3 is 2.54 bits per heavy atom. The molecule has 0 spiro atoms. The number of nitrogens with one attached hydrogen (secondary N) is 1. The zero-order valence-corrected chi connectivity index (χ0v) is 23.1. The monoisotopic (exact) mass is 557 g/mol. The van der Waals surface area contributed by atoms with Crippen LogP contribution < -0.4 is 15.0 Å². The van der Waals surface area contributed by atoms with Crippen molar-refractivity contribution in [1.29, 1.82) is 0 Å². The minimum absolute atomic E-state index is 0.109. The van der Waals surface area contributed by atoms with Gasteiger partial charge in [0.15, 0.2) is 0 Å². The second-order valence-electron chi connectivity index (χ2n) is 10.1. The predicted octanol–water partition coefficient (Wildman–Crippen LogP) is 3.71. The molecule has 3 aromatic rings. The summed E-state index contributed by atoms with van der Waals surface area (Å²) in [5, 5.41) is 3.36. The van der Waals surface area contributed by atoms with E-state index in [0.29, 0.717) is 71.0 Å². The van der Waals surface area contributed by atoms with E-state index in [1.807, 2.05) is 40.1 Å². The largest absolute Gasteiger partial charge is 0.477 e. The Kier molecular flexibility index (Phi) is 8.53. The van der Waals surface area contributed by atoms with E-state index in [1.165, 1.54) is 0 Å². The number of benzene rings is 1. The first-order chi connectivity index (χ1) is 20.2. The molecule has 2 fully saturated rings. The summed E-state index contributed by atoms with van der Waals surface area (Å²) in [5.74, 6) is 1.06. The highest BCUT2D eigenvalue weighted by Crippen LogP contribution is 2.29. The number of hydrogen-bond donors (Lipinski definition) is 1. The van der Waals surface area contributed by atoms with Gasteiger partial charge in [-0.3, -0.25) is 0 Å². The van der Waals surface area contributed by atoms with Gasteiger partial charge in [0, 0.05) is 80.2 Å². The molecule has 3 aliphatic heterocycles. The van der Waals surface area contributed by atoms with Crippen molar-refractivity contribution in [2.75, 3.05) is 75.9 Å². The van der Waals surface area contributed by atoms with Crippen LogP contribution in [0.3, 0.4) is 0 Å². The highest BCUT2D eigenvalue weighted by Gasteiger charge is 2.27. The van der Waals surface area contributed by atoms with Crippen LogP contribution in [0.5, 0.6) is 5.88 Å². The van der Waals surface area contributed by atoms with Gasteiger partial charge in [-0.1, -0.05) is 12.2 Å². The lowest BCUT2D eigenvalue weighted by Gasteiger charge is -2.40. The molecule has 11 nitrogen and oxygen atoms in total. The Hall–Kier alpha value is -4.22. The number of morpholine rings is 1. The van der Waals surface area contributed by atoms with Gasteiger partial charge in [0.05, 0.1) is 38.7 Å². The van der Waals surface area contributed by atoms with Crippen molar-refractivity contribution in [2.24, 2.45) is 0 Å². The van der Waals surface area contributed by atoms with Crippen LogP contribution in [0.1, 0.15) is 12.0 Å². The number of carbonyl (C=O) groups is 1. The number of aromatic nitrogens is 3. The van der Waals surface area contributed by atoms with E-state index in [2.05, 4.69) is 38.4 Å². The number of hydrogen-bond acceptors (Lipinski definition) is 9. The van der Waals surface area contributed by atoms with Gasteiger partial charge in [0.1, 0.15) is 0 Å². The van der Waals surface area contributed by atoms with Gasteiger partial charge in [-0.15, -0.1) is 0 Å². The highest BCUT2D eigenvalue weighted by atomic mass is 16.5. The minimum atomic E-state index is 0.109. The van der Waals surface area contributed by atoms with E-state index in [-0.39, 0.29) is 6.03 Å². The zero-order valence-electron chi connectivity index (χ0n) is 23.1. The molecule has 41 heavy (non-hydrogen) atoms. The van der Waals surface area contributed by atoms with Gasteiger partial charge >= 0.3 is 6.03 Å². The van der Waals surface area contributed by atoms with Crippen molar-refractivity contribution in [3.8, 4) is 17.1 Å². The number of pyridine rings is 1. The third kappa shape index (κ3) is 6.75. The molecule has 6 bridgehead atoms. The molecule has 1 N–H and O–H groups in total. The van der Waals surface area contributed by atoms with Crippen molar-refractivity contribution in [3.05, 3.63) is 66.5 Å². The van der Waals surface area contributed by atoms with Crippen molar-refractivity contribution in [1.82, 2.24) is 24.8 Å². The Labute approximate surface area is 239 Å². The molecule has 2 amide bonds. The van der Waals surface area contributed by atoms with E-state index in [1.54, 1.807) is 12.4 Å². The van der Waals surface area contributed by atoms with Crippen molar-refractivity contribution in [3.63, 3.8) is 0 Å². The number of carbonyl (C=O) groups excluding carboxylic acids is 1. The molecule has 0 atom stereocenters. The van der Waals surface area contributed by atoms with Gasteiger partial charge in [-0.25, -0.2) is 19.7 Å². The maximum Gasteiger partial charge on any atom is 0.320 e. The van der Waals surface area contributed by atoms with Crippen LogP contribution >= 0.6 is 0 Å². The van der Waals surface area contributed by atoms with Crippen LogP contribution in [0.2, 0.25) is 0 Å². The van der Waals surface area contributed by atoms with Gasteiger partial charge in [-0.2, -0.15) is 0 Å². The number of urea groups is 1. The third-order valence-corrected chi connectivity index (χ3v) is 7.37. The summed E-state index contributed by atoms with van der Waals surface area (Å²) in [6, 6.07) is 12.0. The Balaban J connectivity index is 1.21. The fourth-order valence-electron chi connectivity index (χ4n) is 5.19. The average Bonchev–Trinajstić information content (AvgIpc) is 3.02. The van der Waals surface area contributed by atoms with Crippen LogP contribution in [-0.4, -0.2) is 96.5 Å². The van der Waals surface area contributed by atoms with Crippen LogP contribution in [0, 0.1) is 0 Å². The molecule has 6 rings (SSSR count). The minimum Gasteiger partial charge on any atom is -0.477 e. The molecular formula is C30H35N7O4. The summed E-state index contributed by atoms with van der Waals surface area (Å²) < 4.78 is 17.3. The third-order valence-electron chi connectivity index (χ3n) is 7.37. The summed E-state index contributed by atoms with van der Waals surface area (Å²) in [7, 11) is 0. The summed E-state index contributed by atoms with van der Waals surface area (Å²) in [6.07, 6.45) is 8.31. The quantitative estimate of drug-likeness (QED) is 0.448. The van der Waals surface area contributed by atoms with Crippen molar-refractivity contribution >= 4 is 23.4 Å². The first kappa shape index (κ1) is 27.0. The second-order valence-corrected chi connectivity index (χ2v) is 10.1. The zero-order chi connectivity index (χ0) is 27.9. The molecule has 2 aromatic heterocycles. The van der Waals surface area contributed by atoms with Crippen molar-refractivity contribution in [2.45, 2.75) is 13.0 Å². The fourth-order valence-corrected chi connectivity index (χ4v) is 5.19. The van der Waals surface area contributed by atoms with Gasteiger partial charge in [0.2, 0.25) is 11.8 Å². The first-order valence-electron chi connectivity index (χ1n) is 14.1. The lowest BCUT2D eigenvalue weighted by atomic mass is 10.1. The van der Waals surface area contributed by atoms with E-state index in [9.17, 15) is 4.79 Å². The summed E-state index contributed by atoms with van der Waals surface area (Å²) >= 11 is 0. The Morgan fingerprint density at radius 2 is 1.66 bits per heavy atom. The summed E-state index contributed by atoms with van der Waals surface area (Å²) in [5.41, 5.74) is 4.74. The van der Waals surface area contributed by atoms with Crippen LogP contribution in [0.4, 0.5) is 22.1 Å². The van der Waals surface area contributed by atoms with Gasteiger partial charge < -0.3 is 34.2 Å². The highest BCUT2D eigenvalue weighted by molar-refractivity contribution is 5.75. The maximum atomic E-state index is 13.0. The molecule has 0 radical (unpaired) electrons. The topological polar surface area (TPSA) is 105 Å². The molecule has 5 heterocycles. The fraction of sp³-hybridized carbons (Fsp3) is 0.400. The number of rotatable bonds is 1. The average molecular weight is 558 g/mol. The maximum absolute atomic E-state index is 13.0. The van der Waals surface area contributed by atoms with Gasteiger partial charge in [0.25, 0.3) is 0 Å². The molecule has 3 aliphatic rings. The lowest BCUT2D eigenvalue weighted by Crippen LogP contribution is -2.55. The molecular weight excluding hydrogens is 522 g/mol. The van der Waals surface area contributed by atoms with E-state index in [0.717, 1.165) is 47.7 Å². The smallest absolute Gasteiger partial charge is 0.320 e. The van der Waals surface area contributed by atoms with Crippen LogP contribution in [-0.2, 0) is 16.1 Å². The molecule has 0 aliphatic carbocycles. The number of piperazine rings is 1. The van der Waals surface area contributed by atoms with Gasteiger partial charge in [-0.05, 0) is 36.8 Å². The molecule has 2 saturated heterocycles. The molecule has 214 valence electrons. The predicted molar refractivity (Wildman–Crippen MR) is 155 cm³/mol. The lowest BCUT2D eigenvalue weighted by molar-refractivity contribution is 0.0428. The normalized spacial score (nSPS) is 18.9. The molecule has 11 heteroatoms. The van der Waals surface area contributed by atoms with E-state index in [4.69, 9.17) is 19.2 Å². The number of amides is 2. The number of nitrogens with zero attached hydrogens (tertiary/aromatic N) is 6. The summed E-state index contributed by atoms with van der Waals surface area (Å²) in [6.45, 7) is 6.89.